The molecule has 0 heterocycles. The van der Waals surface area contributed by atoms with Crippen molar-refractivity contribution in [1.29, 1.82) is 0 Å². The fourth-order valence-corrected chi connectivity index (χ4v) is 1.81. The van der Waals surface area contributed by atoms with E-state index in [0.717, 1.165) is 0 Å². The zero-order valence-electron chi connectivity index (χ0n) is 10.7. The lowest BCUT2D eigenvalue weighted by Gasteiger charge is -2.08. The second-order valence-electron chi connectivity index (χ2n) is 4.37. The molecule has 20 heavy (non-hydrogen) atoms. The molecule has 3 N–H and O–H groups in total. The van der Waals surface area contributed by atoms with E-state index in [4.69, 9.17) is 5.73 Å². The van der Waals surface area contributed by atoms with E-state index in [-0.39, 0.29) is 18.7 Å². The highest BCUT2D eigenvalue weighted by Crippen LogP contribution is 2.16. The molecule has 0 radical (unpaired) electrons. The molecule has 0 bridgehead atoms. The first-order valence-electron chi connectivity index (χ1n) is 6.11. The third kappa shape index (κ3) is 3.61. The van der Waals surface area contributed by atoms with Crippen LogP contribution in [-0.2, 0) is 17.8 Å². The molecule has 0 fully saturated rings. The molecule has 0 saturated carbocycles. The molecule has 0 saturated heterocycles. The van der Waals surface area contributed by atoms with Crippen molar-refractivity contribution >= 4 is 11.6 Å². The highest BCUT2D eigenvalue weighted by molar-refractivity contribution is 5.92. The van der Waals surface area contributed by atoms with Crippen LogP contribution in [0.4, 0.5) is 14.5 Å². The van der Waals surface area contributed by atoms with Gasteiger partial charge in [0.05, 0.1) is 12.1 Å². The van der Waals surface area contributed by atoms with E-state index in [1.165, 1.54) is 30.3 Å². The summed E-state index contributed by atoms with van der Waals surface area (Å²) in [7, 11) is 0. The van der Waals surface area contributed by atoms with Gasteiger partial charge in [-0.15, -0.1) is 0 Å². The van der Waals surface area contributed by atoms with Gasteiger partial charge < -0.3 is 11.1 Å². The Morgan fingerprint density at radius 3 is 2.55 bits per heavy atom. The number of amides is 1. The van der Waals surface area contributed by atoms with E-state index in [9.17, 15) is 13.6 Å². The normalized spacial score (nSPS) is 10.3. The van der Waals surface area contributed by atoms with E-state index < -0.39 is 17.5 Å². The van der Waals surface area contributed by atoms with Gasteiger partial charge in [-0.25, -0.2) is 8.78 Å². The highest BCUT2D eigenvalue weighted by atomic mass is 19.1. The maximum atomic E-state index is 13.7. The SMILES string of the molecule is NCc1ccc(NC(=O)Cc2cccc(F)c2)c(F)c1. The molecule has 2 aromatic carbocycles. The van der Waals surface area contributed by atoms with Gasteiger partial charge >= 0.3 is 0 Å². The lowest BCUT2D eigenvalue weighted by Crippen LogP contribution is -2.15. The first kappa shape index (κ1) is 14.1. The zero-order chi connectivity index (χ0) is 14.5. The third-order valence-corrected chi connectivity index (χ3v) is 2.80. The molecule has 104 valence electrons. The third-order valence-electron chi connectivity index (χ3n) is 2.80. The van der Waals surface area contributed by atoms with Crippen LogP contribution in [0.25, 0.3) is 0 Å². The lowest BCUT2D eigenvalue weighted by atomic mass is 10.1. The van der Waals surface area contributed by atoms with Gasteiger partial charge in [0.2, 0.25) is 5.91 Å². The van der Waals surface area contributed by atoms with Gasteiger partial charge in [0.1, 0.15) is 11.6 Å². The average molecular weight is 276 g/mol. The molecule has 2 aromatic rings. The molecule has 0 aliphatic carbocycles. The lowest BCUT2D eigenvalue weighted by molar-refractivity contribution is -0.115. The minimum atomic E-state index is -0.541. The number of benzene rings is 2. The number of halogens is 2. The van der Waals surface area contributed by atoms with Gasteiger partial charge in [0.15, 0.2) is 0 Å². The van der Waals surface area contributed by atoms with Crippen LogP contribution in [0.2, 0.25) is 0 Å². The topological polar surface area (TPSA) is 55.1 Å². The number of rotatable bonds is 4. The van der Waals surface area contributed by atoms with Crippen molar-refractivity contribution in [2.75, 3.05) is 5.32 Å². The standard InChI is InChI=1S/C15H14F2N2O/c16-12-3-1-2-10(6-12)8-15(20)19-14-5-4-11(9-18)7-13(14)17/h1-7H,8-9,18H2,(H,19,20). The first-order valence-corrected chi connectivity index (χ1v) is 6.11. The first-order chi connectivity index (χ1) is 9.58. The fraction of sp³-hybridized carbons (Fsp3) is 0.133. The summed E-state index contributed by atoms with van der Waals surface area (Å²) in [6.45, 7) is 0.231. The molecule has 0 unspecified atom stereocenters. The monoisotopic (exact) mass is 276 g/mol. The molecule has 0 aliphatic rings. The van der Waals surface area contributed by atoms with Gasteiger partial charge in [0.25, 0.3) is 0 Å². The molecule has 0 aromatic heterocycles. The van der Waals surface area contributed by atoms with Crippen LogP contribution in [0, 0.1) is 11.6 Å². The maximum Gasteiger partial charge on any atom is 0.228 e. The summed E-state index contributed by atoms with van der Waals surface area (Å²) in [5.74, 6) is -1.36. The van der Waals surface area contributed by atoms with E-state index in [0.29, 0.717) is 11.1 Å². The number of carbonyl (C=O) groups is 1. The number of carbonyl (C=O) groups excluding carboxylic acids is 1. The molecule has 0 spiro atoms. The van der Waals surface area contributed by atoms with Crippen LogP contribution in [0.15, 0.2) is 42.5 Å². The van der Waals surface area contributed by atoms with E-state index in [1.54, 1.807) is 12.1 Å². The Morgan fingerprint density at radius 2 is 1.90 bits per heavy atom. The number of nitrogens with two attached hydrogens (primary N) is 1. The Kier molecular flexibility index (Phi) is 4.42. The Bertz CT molecular complexity index is 629. The summed E-state index contributed by atoms with van der Waals surface area (Å²) in [5, 5.41) is 2.45. The van der Waals surface area contributed by atoms with Gasteiger partial charge in [-0.05, 0) is 35.4 Å². The Balaban J connectivity index is 2.05. The van der Waals surface area contributed by atoms with Crippen molar-refractivity contribution in [1.82, 2.24) is 0 Å². The predicted octanol–water partition coefficient (Wildman–Crippen LogP) is 2.60. The van der Waals surface area contributed by atoms with E-state index in [2.05, 4.69) is 5.32 Å². The number of anilines is 1. The molecule has 2 rings (SSSR count). The van der Waals surface area contributed by atoms with E-state index >= 15 is 0 Å². The van der Waals surface area contributed by atoms with Crippen LogP contribution >= 0.6 is 0 Å². The second kappa shape index (κ2) is 6.25. The summed E-state index contributed by atoms with van der Waals surface area (Å²) in [5.41, 5.74) is 6.66. The molecule has 0 aliphatic heterocycles. The van der Waals surface area contributed by atoms with E-state index in [1.807, 2.05) is 0 Å². The molecule has 5 heteroatoms. The highest BCUT2D eigenvalue weighted by Gasteiger charge is 2.08. The van der Waals surface area contributed by atoms with Crippen molar-refractivity contribution in [2.24, 2.45) is 5.73 Å². The van der Waals surface area contributed by atoms with Crippen LogP contribution in [0.3, 0.4) is 0 Å². The summed E-state index contributed by atoms with van der Waals surface area (Å²) in [6.07, 6.45) is -0.0180. The van der Waals surface area contributed by atoms with Crippen LogP contribution < -0.4 is 11.1 Å². The predicted molar refractivity (Wildman–Crippen MR) is 73.0 cm³/mol. The van der Waals surface area contributed by atoms with Gasteiger partial charge in [-0.3, -0.25) is 4.79 Å². The smallest absolute Gasteiger partial charge is 0.228 e. The van der Waals surface area contributed by atoms with Crippen LogP contribution in [0.5, 0.6) is 0 Å². The molecule has 3 nitrogen and oxygen atoms in total. The molecular weight excluding hydrogens is 262 g/mol. The summed E-state index contributed by atoms with van der Waals surface area (Å²) in [6, 6.07) is 10.1. The molecule has 1 amide bonds. The van der Waals surface area contributed by atoms with Crippen molar-refractivity contribution in [2.45, 2.75) is 13.0 Å². The van der Waals surface area contributed by atoms with Gasteiger partial charge in [-0.1, -0.05) is 18.2 Å². The summed E-state index contributed by atoms with van der Waals surface area (Å²) < 4.78 is 26.7. The number of nitrogens with one attached hydrogen (secondary N) is 1. The fourth-order valence-electron chi connectivity index (χ4n) is 1.81. The Hall–Kier alpha value is -2.27. The van der Waals surface area contributed by atoms with Crippen molar-refractivity contribution < 1.29 is 13.6 Å². The quantitative estimate of drug-likeness (QED) is 0.902. The average Bonchev–Trinajstić information content (AvgIpc) is 2.41. The minimum absolute atomic E-state index is 0.0180. The number of hydrogen-bond acceptors (Lipinski definition) is 2. The van der Waals surface area contributed by atoms with Crippen molar-refractivity contribution in [3.05, 3.63) is 65.2 Å². The summed E-state index contributed by atoms with van der Waals surface area (Å²) in [4.78, 5) is 11.8. The molecular formula is C15H14F2N2O. The largest absolute Gasteiger partial charge is 0.326 e. The maximum absolute atomic E-state index is 13.7. The zero-order valence-corrected chi connectivity index (χ0v) is 10.7. The Labute approximate surface area is 115 Å². The van der Waals surface area contributed by atoms with Crippen molar-refractivity contribution in [3.8, 4) is 0 Å². The van der Waals surface area contributed by atoms with Gasteiger partial charge in [0, 0.05) is 6.54 Å². The van der Waals surface area contributed by atoms with Crippen LogP contribution in [-0.4, -0.2) is 5.91 Å². The number of hydrogen-bond donors (Lipinski definition) is 2. The minimum Gasteiger partial charge on any atom is -0.326 e. The Morgan fingerprint density at radius 1 is 1.10 bits per heavy atom. The van der Waals surface area contributed by atoms with Crippen molar-refractivity contribution in [3.63, 3.8) is 0 Å². The summed E-state index contributed by atoms with van der Waals surface area (Å²) >= 11 is 0. The second-order valence-corrected chi connectivity index (χ2v) is 4.37. The molecule has 0 atom stereocenters. The van der Waals surface area contributed by atoms with Gasteiger partial charge in [-0.2, -0.15) is 0 Å². The van der Waals surface area contributed by atoms with Crippen LogP contribution in [0.1, 0.15) is 11.1 Å².